The molecule has 0 N–H and O–H groups in total. The summed E-state index contributed by atoms with van der Waals surface area (Å²) in [6.45, 7) is 1.61. The van der Waals surface area contributed by atoms with Gasteiger partial charge in [-0.2, -0.15) is 0 Å². The van der Waals surface area contributed by atoms with Gasteiger partial charge in [-0.25, -0.2) is 9.18 Å². The molecule has 33 heavy (non-hydrogen) atoms. The fraction of sp³-hybridized carbons (Fsp3) is 0.227. The van der Waals surface area contributed by atoms with Gasteiger partial charge in [0.25, 0.3) is 11.1 Å². The quantitative estimate of drug-likeness (QED) is 0.230. The third kappa shape index (κ3) is 6.18. The van der Waals surface area contributed by atoms with E-state index < -0.39 is 22.9 Å². The first-order chi connectivity index (χ1) is 15.7. The minimum atomic E-state index is -0.505. The number of esters is 1. The minimum absolute atomic E-state index is 0.0669. The highest BCUT2D eigenvalue weighted by atomic mass is 127. The number of hydrogen-bond donors (Lipinski definition) is 0. The molecule has 11 heteroatoms. The van der Waals surface area contributed by atoms with Crippen LogP contribution in [0.15, 0.2) is 35.2 Å². The molecule has 2 aromatic carbocycles. The number of imide groups is 1. The van der Waals surface area contributed by atoms with Gasteiger partial charge in [0.05, 0.1) is 28.7 Å². The van der Waals surface area contributed by atoms with Gasteiger partial charge in [0, 0.05) is 5.02 Å². The van der Waals surface area contributed by atoms with Crippen molar-refractivity contribution in [2.75, 3.05) is 20.3 Å². The smallest absolute Gasteiger partial charge is 0.344 e. The fourth-order valence-electron chi connectivity index (χ4n) is 2.90. The monoisotopic (exact) mass is 605 g/mol. The molecule has 0 aliphatic carbocycles. The van der Waals surface area contributed by atoms with E-state index in [2.05, 4.69) is 0 Å². The molecular formula is C22H18ClFINO6S. The SMILES string of the molecule is CCOC(=O)COc1c(I)cc(/C=C2/SC(=O)N(Cc3ccc(F)cc3Cl)C2=O)cc1OC. The number of carbonyl (C=O) groups excluding carboxylic acids is 3. The zero-order valence-electron chi connectivity index (χ0n) is 17.5. The molecule has 1 fully saturated rings. The van der Waals surface area contributed by atoms with Crippen molar-refractivity contribution < 1.29 is 33.0 Å². The lowest BCUT2D eigenvalue weighted by Crippen LogP contribution is -2.27. The number of rotatable bonds is 8. The van der Waals surface area contributed by atoms with Gasteiger partial charge in [-0.15, -0.1) is 0 Å². The molecule has 0 radical (unpaired) electrons. The Bertz CT molecular complexity index is 1140. The highest BCUT2D eigenvalue weighted by Gasteiger charge is 2.35. The normalized spacial score (nSPS) is 14.7. The molecule has 174 valence electrons. The molecule has 2 aromatic rings. The van der Waals surface area contributed by atoms with Gasteiger partial charge in [0.1, 0.15) is 5.82 Å². The van der Waals surface area contributed by atoms with Crippen LogP contribution < -0.4 is 9.47 Å². The maximum absolute atomic E-state index is 13.3. The Balaban J connectivity index is 1.81. The third-order valence-electron chi connectivity index (χ3n) is 4.41. The Hall–Kier alpha value is -2.31. The van der Waals surface area contributed by atoms with E-state index >= 15 is 0 Å². The van der Waals surface area contributed by atoms with Crippen molar-refractivity contribution in [1.29, 1.82) is 0 Å². The summed E-state index contributed by atoms with van der Waals surface area (Å²) in [5, 5.41) is -0.321. The lowest BCUT2D eigenvalue weighted by molar-refractivity contribution is -0.145. The van der Waals surface area contributed by atoms with E-state index in [0.717, 1.165) is 22.7 Å². The van der Waals surface area contributed by atoms with Crippen molar-refractivity contribution in [3.63, 3.8) is 0 Å². The van der Waals surface area contributed by atoms with Crippen molar-refractivity contribution in [2.45, 2.75) is 13.5 Å². The Morgan fingerprint density at radius 1 is 1.27 bits per heavy atom. The van der Waals surface area contributed by atoms with Gasteiger partial charge < -0.3 is 14.2 Å². The number of carbonyl (C=O) groups is 3. The number of thioether (sulfide) groups is 1. The van der Waals surface area contributed by atoms with E-state index in [-0.39, 0.29) is 29.7 Å². The van der Waals surface area contributed by atoms with Crippen molar-refractivity contribution in [1.82, 2.24) is 4.90 Å². The molecule has 0 spiro atoms. The number of benzene rings is 2. The summed E-state index contributed by atoms with van der Waals surface area (Å²) in [5.74, 6) is -0.774. The summed E-state index contributed by atoms with van der Waals surface area (Å²) in [7, 11) is 1.45. The van der Waals surface area contributed by atoms with Crippen LogP contribution in [0, 0.1) is 9.39 Å². The van der Waals surface area contributed by atoms with Crippen LogP contribution in [0.3, 0.4) is 0 Å². The molecule has 0 aromatic heterocycles. The van der Waals surface area contributed by atoms with Gasteiger partial charge in [-0.05, 0) is 82.7 Å². The lowest BCUT2D eigenvalue weighted by atomic mass is 10.1. The molecule has 0 saturated carbocycles. The molecule has 1 aliphatic rings. The zero-order chi connectivity index (χ0) is 24.1. The predicted octanol–water partition coefficient (Wildman–Crippen LogP) is 5.27. The van der Waals surface area contributed by atoms with E-state index in [1.165, 1.54) is 19.2 Å². The summed E-state index contributed by atoms with van der Waals surface area (Å²) in [4.78, 5) is 38.1. The Morgan fingerprint density at radius 3 is 2.70 bits per heavy atom. The van der Waals surface area contributed by atoms with Gasteiger partial charge in [0.2, 0.25) is 0 Å². The third-order valence-corrected chi connectivity index (χ3v) is 6.47. The molecule has 0 unspecified atom stereocenters. The second-order valence-electron chi connectivity index (χ2n) is 6.63. The van der Waals surface area contributed by atoms with Crippen LogP contribution in [0.2, 0.25) is 5.02 Å². The van der Waals surface area contributed by atoms with Gasteiger partial charge >= 0.3 is 5.97 Å². The second-order valence-corrected chi connectivity index (χ2v) is 9.19. The molecule has 1 heterocycles. The standard InChI is InChI=1S/C22H18ClFINO6S/c1-3-31-19(27)11-32-20-16(25)6-12(7-17(20)30-2)8-18-21(28)26(22(29)33-18)10-13-4-5-14(24)9-15(13)23/h4-9H,3,10-11H2,1-2H3/b18-8+. The molecule has 0 atom stereocenters. The topological polar surface area (TPSA) is 82.1 Å². The van der Waals surface area contributed by atoms with Crippen LogP contribution in [-0.4, -0.2) is 42.3 Å². The highest BCUT2D eigenvalue weighted by molar-refractivity contribution is 14.1. The van der Waals surface area contributed by atoms with Crippen LogP contribution in [0.1, 0.15) is 18.1 Å². The van der Waals surface area contributed by atoms with Crippen LogP contribution in [-0.2, 0) is 20.9 Å². The summed E-state index contributed by atoms with van der Waals surface area (Å²) >= 11 is 8.85. The van der Waals surface area contributed by atoms with Crippen LogP contribution >= 0.6 is 46.0 Å². The number of halogens is 3. The van der Waals surface area contributed by atoms with Crippen molar-refractivity contribution in [2.24, 2.45) is 0 Å². The largest absolute Gasteiger partial charge is 0.493 e. The van der Waals surface area contributed by atoms with Gasteiger partial charge in [0.15, 0.2) is 18.1 Å². The summed E-state index contributed by atoms with van der Waals surface area (Å²) in [5.41, 5.74) is 1.06. The van der Waals surface area contributed by atoms with Gasteiger partial charge in [-0.1, -0.05) is 17.7 Å². The molecule has 1 aliphatic heterocycles. The first kappa shape index (κ1) is 25.3. The lowest BCUT2D eigenvalue weighted by Gasteiger charge is -2.14. The first-order valence-corrected chi connectivity index (χ1v) is 11.9. The number of hydrogen-bond acceptors (Lipinski definition) is 7. The first-order valence-electron chi connectivity index (χ1n) is 9.58. The molecule has 0 bridgehead atoms. The maximum Gasteiger partial charge on any atom is 0.344 e. The number of ether oxygens (including phenoxy) is 3. The van der Waals surface area contributed by atoms with E-state index in [9.17, 15) is 18.8 Å². The maximum atomic E-state index is 13.3. The van der Waals surface area contributed by atoms with Gasteiger partial charge in [-0.3, -0.25) is 14.5 Å². The van der Waals surface area contributed by atoms with Crippen molar-refractivity contribution in [3.8, 4) is 11.5 Å². The van der Waals surface area contributed by atoms with E-state index in [1.807, 2.05) is 22.6 Å². The average Bonchev–Trinajstić information content (AvgIpc) is 3.01. The highest BCUT2D eigenvalue weighted by Crippen LogP contribution is 2.38. The Kier molecular flexibility index (Phi) is 8.60. The molecule has 2 amide bonds. The number of nitrogens with zero attached hydrogens (tertiary/aromatic N) is 1. The molecular weight excluding hydrogens is 588 g/mol. The van der Waals surface area contributed by atoms with Crippen LogP contribution in [0.25, 0.3) is 6.08 Å². The number of methoxy groups -OCH3 is 1. The minimum Gasteiger partial charge on any atom is -0.493 e. The summed E-state index contributed by atoms with van der Waals surface area (Å²) < 4.78 is 29.7. The van der Waals surface area contributed by atoms with Crippen LogP contribution in [0.5, 0.6) is 11.5 Å². The predicted molar refractivity (Wildman–Crippen MR) is 131 cm³/mol. The van der Waals surface area contributed by atoms with E-state index in [4.69, 9.17) is 25.8 Å². The number of amides is 2. The molecule has 3 rings (SSSR count). The molecule has 1 saturated heterocycles. The van der Waals surface area contributed by atoms with Crippen molar-refractivity contribution in [3.05, 3.63) is 60.8 Å². The fourth-order valence-corrected chi connectivity index (χ4v) is 4.75. The Labute approximate surface area is 212 Å². The van der Waals surface area contributed by atoms with E-state index in [0.29, 0.717) is 26.2 Å². The zero-order valence-corrected chi connectivity index (χ0v) is 21.3. The molecule has 7 nitrogen and oxygen atoms in total. The second kappa shape index (κ2) is 11.2. The van der Waals surface area contributed by atoms with E-state index in [1.54, 1.807) is 25.1 Å². The summed E-state index contributed by atoms with van der Waals surface area (Å²) in [6, 6.07) is 7.15. The summed E-state index contributed by atoms with van der Waals surface area (Å²) in [6.07, 6.45) is 1.57. The van der Waals surface area contributed by atoms with Crippen LogP contribution in [0.4, 0.5) is 9.18 Å². The van der Waals surface area contributed by atoms with Crippen molar-refractivity contribution >= 4 is 69.1 Å². The Morgan fingerprint density at radius 2 is 2.03 bits per heavy atom. The average molecular weight is 606 g/mol.